The first-order valence-electron chi connectivity index (χ1n) is 9.44. The highest BCUT2D eigenvalue weighted by Gasteiger charge is 2.24. The lowest BCUT2D eigenvalue weighted by atomic mass is 9.99. The second-order valence-corrected chi connectivity index (χ2v) is 9.43. The van der Waals surface area contributed by atoms with Gasteiger partial charge >= 0.3 is 0 Å². The van der Waals surface area contributed by atoms with Crippen LogP contribution < -0.4 is 10.0 Å². The maximum atomic E-state index is 12.6. The molecule has 0 aromatic heterocycles. The Bertz CT molecular complexity index is 755. The van der Waals surface area contributed by atoms with E-state index in [1.807, 2.05) is 6.07 Å². The molecule has 3 rings (SSSR count). The van der Waals surface area contributed by atoms with Crippen molar-refractivity contribution in [3.63, 3.8) is 0 Å². The van der Waals surface area contributed by atoms with Crippen molar-refractivity contribution in [3.8, 4) is 0 Å². The van der Waals surface area contributed by atoms with E-state index in [0.717, 1.165) is 43.1 Å². The van der Waals surface area contributed by atoms with Gasteiger partial charge in [0.15, 0.2) is 0 Å². The minimum Gasteiger partial charge on any atom is -0.353 e. The average molecular weight is 380 g/mol. The minimum atomic E-state index is -3.50. The van der Waals surface area contributed by atoms with Gasteiger partial charge in [0.1, 0.15) is 0 Å². The fourth-order valence-corrected chi connectivity index (χ4v) is 4.93. The molecule has 0 radical (unpaired) electrons. The summed E-state index contributed by atoms with van der Waals surface area (Å²) in [5.74, 6) is 0.722. The molecule has 0 saturated carbocycles. The normalized spacial score (nSPS) is 21.5. The molecule has 1 atom stereocenters. The van der Waals surface area contributed by atoms with Gasteiger partial charge in [0.2, 0.25) is 15.9 Å². The summed E-state index contributed by atoms with van der Waals surface area (Å²) in [5.41, 5.74) is 2.13. The van der Waals surface area contributed by atoms with Crippen LogP contribution in [0.1, 0.15) is 37.8 Å². The number of hydrogen-bond acceptors (Lipinski definition) is 4. The average Bonchev–Trinajstić information content (AvgIpc) is 2.97. The van der Waals surface area contributed by atoms with Crippen LogP contribution in [0.3, 0.4) is 0 Å². The van der Waals surface area contributed by atoms with Gasteiger partial charge in [0.25, 0.3) is 0 Å². The Balaban J connectivity index is 1.56. The zero-order valence-electron chi connectivity index (χ0n) is 15.6. The molecule has 0 unspecified atom stereocenters. The molecule has 26 heavy (non-hydrogen) atoms. The molecule has 1 aromatic rings. The van der Waals surface area contributed by atoms with E-state index in [0.29, 0.717) is 17.9 Å². The highest BCUT2D eigenvalue weighted by atomic mass is 32.2. The standard InChI is InChI=1S/C19H29N3O3S/c1-14-5-8-22(9-6-14)10-7-20-26(24,25)19-4-3-16-11-18(21-15(2)23)12-17(16)13-19/h3-4,13-14,18,20H,5-12H2,1-2H3,(H,21,23)/t18-/m0/s1. The van der Waals surface area contributed by atoms with Gasteiger partial charge in [0, 0.05) is 26.1 Å². The van der Waals surface area contributed by atoms with E-state index in [-0.39, 0.29) is 11.9 Å². The maximum absolute atomic E-state index is 12.6. The predicted octanol–water partition coefficient (Wildman–Crippen LogP) is 1.30. The van der Waals surface area contributed by atoms with E-state index in [4.69, 9.17) is 0 Å². The molecule has 1 heterocycles. The minimum absolute atomic E-state index is 0.0515. The van der Waals surface area contributed by atoms with Crippen molar-refractivity contribution in [1.29, 1.82) is 0 Å². The van der Waals surface area contributed by atoms with E-state index >= 15 is 0 Å². The third-order valence-electron chi connectivity index (χ3n) is 5.42. The molecule has 0 bridgehead atoms. The van der Waals surface area contributed by atoms with Gasteiger partial charge in [-0.05, 0) is 68.0 Å². The molecular weight excluding hydrogens is 350 g/mol. The second kappa shape index (κ2) is 8.06. The molecule has 1 aromatic carbocycles. The monoisotopic (exact) mass is 379 g/mol. The van der Waals surface area contributed by atoms with Gasteiger partial charge in [-0.1, -0.05) is 13.0 Å². The van der Waals surface area contributed by atoms with Crippen LogP contribution in [0.25, 0.3) is 0 Å². The highest BCUT2D eigenvalue weighted by Crippen LogP contribution is 2.25. The Morgan fingerprint density at radius 3 is 2.58 bits per heavy atom. The molecule has 6 nitrogen and oxygen atoms in total. The van der Waals surface area contributed by atoms with Crippen LogP contribution in [0, 0.1) is 5.92 Å². The van der Waals surface area contributed by atoms with Gasteiger partial charge < -0.3 is 10.2 Å². The Morgan fingerprint density at radius 1 is 1.19 bits per heavy atom. The number of nitrogens with zero attached hydrogens (tertiary/aromatic N) is 1. The van der Waals surface area contributed by atoms with Crippen molar-refractivity contribution in [2.24, 2.45) is 5.92 Å². The second-order valence-electron chi connectivity index (χ2n) is 7.66. The van der Waals surface area contributed by atoms with Gasteiger partial charge in [-0.25, -0.2) is 13.1 Å². The number of amides is 1. The smallest absolute Gasteiger partial charge is 0.240 e. The number of hydrogen-bond donors (Lipinski definition) is 2. The van der Waals surface area contributed by atoms with E-state index in [9.17, 15) is 13.2 Å². The Labute approximate surface area is 156 Å². The largest absolute Gasteiger partial charge is 0.353 e. The number of likely N-dealkylation sites (tertiary alicyclic amines) is 1. The number of fused-ring (bicyclic) bond motifs is 1. The molecule has 1 saturated heterocycles. The van der Waals surface area contributed by atoms with Crippen molar-refractivity contribution in [3.05, 3.63) is 29.3 Å². The highest BCUT2D eigenvalue weighted by molar-refractivity contribution is 7.89. The van der Waals surface area contributed by atoms with Crippen molar-refractivity contribution in [2.75, 3.05) is 26.2 Å². The molecule has 1 amide bonds. The first-order valence-corrected chi connectivity index (χ1v) is 10.9. The number of rotatable bonds is 6. The quantitative estimate of drug-likeness (QED) is 0.781. The van der Waals surface area contributed by atoms with Gasteiger partial charge in [-0.15, -0.1) is 0 Å². The Kier molecular flexibility index (Phi) is 5.99. The number of sulfonamides is 1. The van der Waals surface area contributed by atoms with Crippen LogP contribution in [-0.2, 0) is 27.7 Å². The van der Waals surface area contributed by atoms with Gasteiger partial charge in [-0.3, -0.25) is 4.79 Å². The molecule has 144 valence electrons. The summed E-state index contributed by atoms with van der Waals surface area (Å²) in [6.07, 6.45) is 3.82. The molecule has 2 N–H and O–H groups in total. The molecule has 1 aliphatic carbocycles. The zero-order chi connectivity index (χ0) is 18.7. The SMILES string of the molecule is CC(=O)N[C@H]1Cc2ccc(S(=O)(=O)NCCN3CCC(C)CC3)cc2C1. The summed E-state index contributed by atoms with van der Waals surface area (Å²) in [4.78, 5) is 13.9. The Hall–Kier alpha value is -1.44. The zero-order valence-corrected chi connectivity index (χ0v) is 16.4. The van der Waals surface area contributed by atoms with Crippen LogP contribution in [0.5, 0.6) is 0 Å². The maximum Gasteiger partial charge on any atom is 0.240 e. The van der Waals surface area contributed by atoms with Crippen LogP contribution >= 0.6 is 0 Å². The molecular formula is C19H29N3O3S. The topological polar surface area (TPSA) is 78.5 Å². The van der Waals surface area contributed by atoms with Crippen molar-refractivity contribution in [1.82, 2.24) is 14.9 Å². The van der Waals surface area contributed by atoms with Crippen molar-refractivity contribution >= 4 is 15.9 Å². The van der Waals surface area contributed by atoms with Crippen LogP contribution in [0.2, 0.25) is 0 Å². The summed E-state index contributed by atoms with van der Waals surface area (Å²) in [6, 6.07) is 5.36. The number of benzene rings is 1. The van der Waals surface area contributed by atoms with E-state index in [1.165, 1.54) is 19.8 Å². The Morgan fingerprint density at radius 2 is 1.88 bits per heavy atom. The fraction of sp³-hybridized carbons (Fsp3) is 0.632. The summed E-state index contributed by atoms with van der Waals surface area (Å²) in [5, 5.41) is 2.91. The molecule has 1 aliphatic heterocycles. The lowest BCUT2D eigenvalue weighted by molar-refractivity contribution is -0.119. The van der Waals surface area contributed by atoms with Gasteiger partial charge in [-0.2, -0.15) is 0 Å². The third kappa shape index (κ3) is 4.84. The number of carbonyl (C=O) groups is 1. The fourth-order valence-electron chi connectivity index (χ4n) is 3.86. The number of nitrogens with one attached hydrogen (secondary N) is 2. The lowest BCUT2D eigenvalue weighted by Crippen LogP contribution is -2.39. The molecule has 7 heteroatoms. The summed E-state index contributed by atoms with van der Waals surface area (Å²) >= 11 is 0. The summed E-state index contributed by atoms with van der Waals surface area (Å²) in [7, 11) is -3.50. The summed E-state index contributed by atoms with van der Waals surface area (Å²) in [6.45, 7) is 7.05. The number of piperidine rings is 1. The van der Waals surface area contributed by atoms with Crippen molar-refractivity contribution in [2.45, 2.75) is 50.5 Å². The molecule has 1 fully saturated rings. The third-order valence-corrected chi connectivity index (χ3v) is 6.88. The first-order chi connectivity index (χ1) is 12.3. The van der Waals surface area contributed by atoms with Crippen LogP contribution in [0.4, 0.5) is 0 Å². The van der Waals surface area contributed by atoms with Crippen LogP contribution in [-0.4, -0.2) is 51.4 Å². The first kappa shape index (κ1) is 19.3. The molecule has 2 aliphatic rings. The van der Waals surface area contributed by atoms with Crippen LogP contribution in [0.15, 0.2) is 23.1 Å². The molecule has 0 spiro atoms. The van der Waals surface area contributed by atoms with E-state index < -0.39 is 10.0 Å². The van der Waals surface area contributed by atoms with Crippen molar-refractivity contribution < 1.29 is 13.2 Å². The summed E-state index contributed by atoms with van der Waals surface area (Å²) < 4.78 is 27.9. The number of carbonyl (C=O) groups excluding carboxylic acids is 1. The van der Waals surface area contributed by atoms with E-state index in [2.05, 4.69) is 21.9 Å². The lowest BCUT2D eigenvalue weighted by Gasteiger charge is -2.30. The predicted molar refractivity (Wildman–Crippen MR) is 101 cm³/mol. The van der Waals surface area contributed by atoms with Gasteiger partial charge in [0.05, 0.1) is 4.90 Å². The van der Waals surface area contributed by atoms with E-state index in [1.54, 1.807) is 12.1 Å².